The molecule has 3 rings (SSSR count). The maximum atomic E-state index is 13.5. The number of benzene rings is 2. The molecule has 0 radical (unpaired) electrons. The van der Waals surface area contributed by atoms with Gasteiger partial charge in [-0.3, -0.25) is 9.69 Å². The van der Waals surface area contributed by atoms with Crippen LogP contribution in [0.15, 0.2) is 47.4 Å². The van der Waals surface area contributed by atoms with E-state index in [0.717, 1.165) is 45.3 Å². The molecule has 3 aromatic rings. The summed E-state index contributed by atoms with van der Waals surface area (Å²) < 4.78 is 14.3. The van der Waals surface area contributed by atoms with Gasteiger partial charge < -0.3 is 4.90 Å². The second-order valence-corrected chi connectivity index (χ2v) is 9.83. The van der Waals surface area contributed by atoms with Crippen LogP contribution >= 0.6 is 34.7 Å². The number of amides is 1. The molecule has 8 heteroatoms. The van der Waals surface area contributed by atoms with Crippen molar-refractivity contribution in [2.24, 2.45) is 0 Å². The lowest BCUT2D eigenvalue weighted by atomic mass is 10.3. The summed E-state index contributed by atoms with van der Waals surface area (Å²) in [6, 6.07) is 12.3. The Morgan fingerprint density at radius 1 is 1.13 bits per heavy atom. The van der Waals surface area contributed by atoms with E-state index >= 15 is 0 Å². The Kier molecular flexibility index (Phi) is 8.50. The van der Waals surface area contributed by atoms with Gasteiger partial charge in [-0.2, -0.15) is 0 Å². The highest BCUT2D eigenvalue weighted by atomic mass is 35.5. The molecule has 1 amide bonds. The van der Waals surface area contributed by atoms with Gasteiger partial charge in [-0.1, -0.05) is 22.9 Å². The largest absolute Gasteiger partial charge is 0.309 e. The van der Waals surface area contributed by atoms with E-state index in [4.69, 9.17) is 11.6 Å². The fourth-order valence-electron chi connectivity index (χ4n) is 2.95. The molecule has 0 N–H and O–H groups in total. The van der Waals surface area contributed by atoms with E-state index in [1.165, 1.54) is 23.5 Å². The number of thioether (sulfide) groups is 1. The predicted molar refractivity (Wildman–Crippen MR) is 127 cm³/mol. The number of aromatic nitrogens is 1. The van der Waals surface area contributed by atoms with Crippen molar-refractivity contribution in [1.82, 2.24) is 9.88 Å². The molecular weight excluding hydrogens is 441 g/mol. The molecule has 30 heavy (non-hydrogen) atoms. The third kappa shape index (κ3) is 6.67. The van der Waals surface area contributed by atoms with Crippen LogP contribution < -0.4 is 4.90 Å². The first kappa shape index (κ1) is 23.0. The van der Waals surface area contributed by atoms with Gasteiger partial charge in [-0.15, -0.1) is 11.8 Å². The van der Waals surface area contributed by atoms with Crippen LogP contribution in [0, 0.1) is 5.82 Å². The highest BCUT2D eigenvalue weighted by Gasteiger charge is 2.19. The summed E-state index contributed by atoms with van der Waals surface area (Å²) >= 11 is 9.00. The third-order valence-corrected chi connectivity index (χ3v) is 6.87. The van der Waals surface area contributed by atoms with Gasteiger partial charge in [-0.05, 0) is 81.7 Å². The zero-order valence-electron chi connectivity index (χ0n) is 17.1. The Morgan fingerprint density at radius 2 is 1.90 bits per heavy atom. The highest BCUT2D eigenvalue weighted by Crippen LogP contribution is 2.30. The Morgan fingerprint density at radius 3 is 2.63 bits per heavy atom. The van der Waals surface area contributed by atoms with E-state index in [0.29, 0.717) is 18.1 Å². The highest BCUT2D eigenvalue weighted by molar-refractivity contribution is 7.99. The lowest BCUT2D eigenvalue weighted by Crippen LogP contribution is -2.33. The summed E-state index contributed by atoms with van der Waals surface area (Å²) in [7, 11) is 4.03. The fourth-order valence-corrected chi connectivity index (χ4v) is 4.97. The van der Waals surface area contributed by atoms with Crippen molar-refractivity contribution in [3.05, 3.63) is 53.3 Å². The number of carbonyl (C=O) groups excluding carboxylic acids is 1. The van der Waals surface area contributed by atoms with Gasteiger partial charge in [0.05, 0.1) is 10.2 Å². The minimum atomic E-state index is -0.289. The van der Waals surface area contributed by atoms with Crippen LogP contribution in [0.4, 0.5) is 9.52 Å². The van der Waals surface area contributed by atoms with Gasteiger partial charge in [0.25, 0.3) is 0 Å². The van der Waals surface area contributed by atoms with Crippen molar-refractivity contribution < 1.29 is 9.18 Å². The molecule has 0 unspecified atom stereocenters. The molecule has 1 heterocycles. The van der Waals surface area contributed by atoms with Crippen LogP contribution in [0.25, 0.3) is 10.2 Å². The quantitative estimate of drug-likeness (QED) is 0.274. The number of rotatable bonds is 10. The average Bonchev–Trinajstić information content (AvgIpc) is 3.12. The molecule has 0 saturated carbocycles. The van der Waals surface area contributed by atoms with Crippen molar-refractivity contribution >= 4 is 56.0 Å². The van der Waals surface area contributed by atoms with Crippen molar-refractivity contribution in [2.45, 2.75) is 24.2 Å². The number of halogens is 2. The van der Waals surface area contributed by atoms with Crippen LogP contribution in [-0.4, -0.2) is 48.7 Å². The molecule has 0 fully saturated rings. The lowest BCUT2D eigenvalue weighted by molar-refractivity contribution is -0.118. The van der Waals surface area contributed by atoms with Crippen LogP contribution in [0.5, 0.6) is 0 Å². The number of nitrogens with zero attached hydrogens (tertiary/aromatic N) is 3. The molecule has 160 valence electrons. The zero-order chi connectivity index (χ0) is 21.5. The predicted octanol–water partition coefficient (Wildman–Crippen LogP) is 5.95. The monoisotopic (exact) mass is 465 g/mol. The molecule has 0 aliphatic heterocycles. The van der Waals surface area contributed by atoms with Crippen LogP contribution in [-0.2, 0) is 4.79 Å². The normalized spacial score (nSPS) is 11.4. The summed E-state index contributed by atoms with van der Waals surface area (Å²) in [5.74, 6) is 0.622. The van der Waals surface area contributed by atoms with E-state index < -0.39 is 0 Å². The van der Waals surface area contributed by atoms with E-state index in [9.17, 15) is 9.18 Å². The number of thiazole rings is 1. The standard InChI is InChI=1S/C22H25ClFN3OS2/c1-26(2)12-4-13-27(22-25-19-11-8-17(24)15-20(19)30-22)21(28)5-3-14-29-18-9-6-16(23)7-10-18/h6-11,15H,3-5,12-14H2,1-2H3. The Bertz CT molecular complexity index is 978. The molecule has 0 aliphatic carbocycles. The first-order valence-corrected chi connectivity index (χ1v) is 12.0. The lowest BCUT2D eigenvalue weighted by Gasteiger charge is -2.21. The Labute approximate surface area is 190 Å². The van der Waals surface area contributed by atoms with Gasteiger partial charge in [0.1, 0.15) is 5.82 Å². The summed E-state index contributed by atoms with van der Waals surface area (Å²) in [5.41, 5.74) is 0.722. The number of carbonyl (C=O) groups is 1. The van der Waals surface area contributed by atoms with E-state index in [-0.39, 0.29) is 11.7 Å². The molecule has 4 nitrogen and oxygen atoms in total. The van der Waals surface area contributed by atoms with E-state index in [2.05, 4.69) is 9.88 Å². The fraction of sp³-hybridized carbons (Fsp3) is 0.364. The number of anilines is 1. The molecule has 1 aromatic heterocycles. The van der Waals surface area contributed by atoms with Crippen LogP contribution in [0.2, 0.25) is 5.02 Å². The SMILES string of the molecule is CN(C)CCCN(C(=O)CCCSc1ccc(Cl)cc1)c1nc2ccc(F)cc2s1. The summed E-state index contributed by atoms with van der Waals surface area (Å²) in [6.45, 7) is 1.49. The number of hydrogen-bond acceptors (Lipinski definition) is 5. The van der Waals surface area contributed by atoms with Crippen LogP contribution in [0.3, 0.4) is 0 Å². The summed E-state index contributed by atoms with van der Waals surface area (Å²) in [4.78, 5) is 22.6. The van der Waals surface area contributed by atoms with Gasteiger partial charge in [-0.25, -0.2) is 9.37 Å². The Hall–Kier alpha value is -1.67. The average molecular weight is 466 g/mol. The van der Waals surface area contributed by atoms with Gasteiger partial charge in [0.15, 0.2) is 5.13 Å². The van der Waals surface area contributed by atoms with Crippen molar-refractivity contribution in [1.29, 1.82) is 0 Å². The summed E-state index contributed by atoms with van der Waals surface area (Å²) in [5, 5.41) is 1.36. The van der Waals surface area contributed by atoms with Gasteiger partial charge >= 0.3 is 0 Å². The number of fused-ring (bicyclic) bond motifs is 1. The smallest absolute Gasteiger partial charge is 0.228 e. The molecule has 2 aromatic carbocycles. The van der Waals surface area contributed by atoms with Gasteiger partial charge in [0, 0.05) is 22.9 Å². The van der Waals surface area contributed by atoms with E-state index in [1.54, 1.807) is 22.7 Å². The molecule has 0 atom stereocenters. The first-order valence-electron chi connectivity index (χ1n) is 9.82. The van der Waals surface area contributed by atoms with E-state index in [1.807, 2.05) is 38.4 Å². The second-order valence-electron chi connectivity index (χ2n) is 7.22. The minimum Gasteiger partial charge on any atom is -0.309 e. The Balaban J connectivity index is 1.62. The second kappa shape index (κ2) is 11.1. The third-order valence-electron chi connectivity index (χ3n) is 4.48. The van der Waals surface area contributed by atoms with Crippen molar-refractivity contribution in [3.8, 4) is 0 Å². The number of hydrogen-bond donors (Lipinski definition) is 0. The molecule has 0 saturated heterocycles. The van der Waals surface area contributed by atoms with Crippen molar-refractivity contribution in [2.75, 3.05) is 37.8 Å². The topological polar surface area (TPSA) is 36.4 Å². The van der Waals surface area contributed by atoms with Crippen LogP contribution in [0.1, 0.15) is 19.3 Å². The van der Waals surface area contributed by atoms with Crippen molar-refractivity contribution in [3.63, 3.8) is 0 Å². The zero-order valence-corrected chi connectivity index (χ0v) is 19.5. The summed E-state index contributed by atoms with van der Waals surface area (Å²) in [6.07, 6.45) is 2.07. The maximum Gasteiger partial charge on any atom is 0.228 e. The maximum absolute atomic E-state index is 13.5. The molecule has 0 spiro atoms. The van der Waals surface area contributed by atoms with Gasteiger partial charge in [0.2, 0.25) is 5.91 Å². The minimum absolute atomic E-state index is 0.0602. The molecule has 0 bridgehead atoms. The molecular formula is C22H25ClFN3OS2. The first-order chi connectivity index (χ1) is 14.4. The molecule has 0 aliphatic rings.